The average molecular weight is 325 g/mol. The number of nitrogens with zero attached hydrogens (tertiary/aromatic N) is 1. The number of benzene rings is 1. The van der Waals surface area contributed by atoms with Crippen molar-refractivity contribution in [3.8, 4) is 5.75 Å². The van der Waals surface area contributed by atoms with E-state index in [4.69, 9.17) is 22.1 Å². The van der Waals surface area contributed by atoms with Crippen molar-refractivity contribution in [2.75, 3.05) is 0 Å². The quantitative estimate of drug-likeness (QED) is 0.829. The fraction of sp³-hybridized carbons (Fsp3) is 0.438. The maximum absolute atomic E-state index is 6.25. The van der Waals surface area contributed by atoms with Crippen molar-refractivity contribution in [3.63, 3.8) is 0 Å². The van der Waals surface area contributed by atoms with Crippen LogP contribution in [0.25, 0.3) is 0 Å². The van der Waals surface area contributed by atoms with Crippen molar-refractivity contribution in [2.24, 2.45) is 5.73 Å². The van der Waals surface area contributed by atoms with Crippen LogP contribution in [0.3, 0.4) is 0 Å². The average Bonchev–Trinajstić information content (AvgIpc) is 2.86. The summed E-state index contributed by atoms with van der Waals surface area (Å²) in [5.74, 6) is 0.724. The first-order chi connectivity index (χ1) is 10.1. The molecule has 1 aromatic heterocycles. The molecule has 2 aromatic rings. The van der Waals surface area contributed by atoms with Gasteiger partial charge in [-0.25, -0.2) is 4.98 Å². The van der Waals surface area contributed by atoms with Crippen LogP contribution in [-0.4, -0.2) is 11.0 Å². The molecule has 0 bridgehead atoms. The van der Waals surface area contributed by atoms with Gasteiger partial charge in [0.2, 0.25) is 0 Å². The molecule has 0 aliphatic heterocycles. The van der Waals surface area contributed by atoms with Gasteiger partial charge in [0, 0.05) is 11.4 Å². The molecule has 0 saturated heterocycles. The molecule has 0 aliphatic carbocycles. The molecule has 0 amide bonds. The molecule has 0 saturated carbocycles. The lowest BCUT2D eigenvalue weighted by molar-refractivity contribution is 0.298. The van der Waals surface area contributed by atoms with Crippen molar-refractivity contribution >= 4 is 22.9 Å². The predicted molar refractivity (Wildman–Crippen MR) is 89.2 cm³/mol. The van der Waals surface area contributed by atoms with Gasteiger partial charge in [0.15, 0.2) is 0 Å². The minimum Gasteiger partial charge on any atom is -0.485 e. The van der Waals surface area contributed by atoms with E-state index in [2.05, 4.69) is 11.9 Å². The van der Waals surface area contributed by atoms with E-state index in [0.29, 0.717) is 11.6 Å². The van der Waals surface area contributed by atoms with Crippen LogP contribution in [0.1, 0.15) is 36.5 Å². The third kappa shape index (κ3) is 4.70. The summed E-state index contributed by atoms with van der Waals surface area (Å²) in [7, 11) is 0. The second-order valence-electron chi connectivity index (χ2n) is 5.18. The second-order valence-corrected chi connectivity index (χ2v) is 6.53. The monoisotopic (exact) mass is 324 g/mol. The Labute approximate surface area is 135 Å². The van der Waals surface area contributed by atoms with Gasteiger partial charge >= 0.3 is 0 Å². The number of aromatic nitrogens is 1. The number of para-hydroxylation sites is 1. The van der Waals surface area contributed by atoms with Crippen LogP contribution in [0, 0.1) is 0 Å². The minimum absolute atomic E-state index is 0.0706. The van der Waals surface area contributed by atoms with Gasteiger partial charge in [-0.2, -0.15) is 0 Å². The van der Waals surface area contributed by atoms with Crippen LogP contribution in [0.2, 0.25) is 5.02 Å². The molecule has 5 heteroatoms. The first kappa shape index (κ1) is 16.3. The van der Waals surface area contributed by atoms with Crippen molar-refractivity contribution < 1.29 is 4.74 Å². The molecule has 1 unspecified atom stereocenters. The van der Waals surface area contributed by atoms with Gasteiger partial charge < -0.3 is 10.5 Å². The lowest BCUT2D eigenvalue weighted by Crippen LogP contribution is -2.18. The fourth-order valence-electron chi connectivity index (χ4n) is 2.11. The first-order valence-electron chi connectivity index (χ1n) is 7.19. The lowest BCUT2D eigenvalue weighted by Gasteiger charge is -2.14. The summed E-state index contributed by atoms with van der Waals surface area (Å²) < 4.78 is 5.90. The molecule has 1 heterocycles. The van der Waals surface area contributed by atoms with Crippen LogP contribution in [-0.2, 0) is 19.4 Å². The highest BCUT2D eigenvalue weighted by molar-refractivity contribution is 7.09. The predicted octanol–water partition coefficient (Wildman–Crippen LogP) is 4.22. The summed E-state index contributed by atoms with van der Waals surface area (Å²) in [6.45, 7) is 4.57. The Balaban J connectivity index is 2.07. The number of hydrogen-bond donors (Lipinski definition) is 1. The highest BCUT2D eigenvalue weighted by atomic mass is 35.5. The third-order valence-electron chi connectivity index (χ3n) is 3.02. The van der Waals surface area contributed by atoms with E-state index in [0.717, 1.165) is 41.3 Å². The summed E-state index contributed by atoms with van der Waals surface area (Å²) in [5, 5.41) is 3.83. The number of halogens is 1. The molecule has 21 heavy (non-hydrogen) atoms. The van der Waals surface area contributed by atoms with Gasteiger partial charge in [-0.1, -0.05) is 30.7 Å². The van der Waals surface area contributed by atoms with E-state index in [1.54, 1.807) is 11.3 Å². The zero-order valence-electron chi connectivity index (χ0n) is 12.4. The molecule has 2 N–H and O–H groups in total. The third-order valence-corrected chi connectivity index (χ3v) is 4.27. The van der Waals surface area contributed by atoms with Crippen LogP contribution in [0.4, 0.5) is 0 Å². The van der Waals surface area contributed by atoms with Gasteiger partial charge in [-0.15, -0.1) is 11.3 Å². The van der Waals surface area contributed by atoms with Gasteiger partial charge in [-0.3, -0.25) is 0 Å². The fourth-order valence-corrected chi connectivity index (χ4v) is 3.25. The molecular formula is C16H21ClN2OS. The minimum atomic E-state index is 0.0706. The standard InChI is InChI=1S/C16H21ClN2OS/c1-3-5-15-19-13(10-21-15)9-20-16-12(8-11(2)18)6-4-7-14(16)17/h4,6-7,10-11H,3,5,8-9,18H2,1-2H3. The molecule has 3 nitrogen and oxygen atoms in total. The van der Waals surface area contributed by atoms with Gasteiger partial charge in [0.05, 0.1) is 15.7 Å². The van der Waals surface area contributed by atoms with Crippen molar-refractivity contribution in [1.82, 2.24) is 4.98 Å². The zero-order valence-corrected chi connectivity index (χ0v) is 14.0. The molecular weight excluding hydrogens is 304 g/mol. The smallest absolute Gasteiger partial charge is 0.141 e. The molecule has 2 rings (SSSR count). The van der Waals surface area contributed by atoms with Gasteiger partial charge in [0.1, 0.15) is 12.4 Å². The maximum atomic E-state index is 6.25. The van der Waals surface area contributed by atoms with E-state index in [1.807, 2.05) is 30.5 Å². The first-order valence-corrected chi connectivity index (χ1v) is 8.45. The maximum Gasteiger partial charge on any atom is 0.141 e. The van der Waals surface area contributed by atoms with Crippen LogP contribution in [0.5, 0.6) is 5.75 Å². The molecule has 0 spiro atoms. The summed E-state index contributed by atoms with van der Waals surface area (Å²) in [6, 6.07) is 5.84. The Morgan fingerprint density at radius 1 is 1.43 bits per heavy atom. The Morgan fingerprint density at radius 2 is 2.24 bits per heavy atom. The highest BCUT2D eigenvalue weighted by Crippen LogP contribution is 2.30. The summed E-state index contributed by atoms with van der Waals surface area (Å²) in [4.78, 5) is 4.56. The number of hydrogen-bond acceptors (Lipinski definition) is 4. The van der Waals surface area contributed by atoms with E-state index in [-0.39, 0.29) is 6.04 Å². The SMILES string of the molecule is CCCc1nc(COc2c(Cl)cccc2CC(C)N)cs1. The van der Waals surface area contributed by atoms with Crippen LogP contribution < -0.4 is 10.5 Å². The number of ether oxygens (including phenoxy) is 1. The van der Waals surface area contributed by atoms with Crippen LogP contribution >= 0.6 is 22.9 Å². The van der Waals surface area contributed by atoms with Crippen molar-refractivity contribution in [2.45, 2.75) is 45.8 Å². The van der Waals surface area contributed by atoms with E-state index in [1.165, 1.54) is 0 Å². The van der Waals surface area contributed by atoms with Gasteiger partial charge in [0.25, 0.3) is 0 Å². The molecule has 0 aliphatic rings. The normalized spacial score (nSPS) is 12.4. The second kappa shape index (κ2) is 7.78. The Kier molecular flexibility index (Phi) is 6.03. The van der Waals surface area contributed by atoms with Gasteiger partial charge in [-0.05, 0) is 37.8 Å². The molecule has 0 fully saturated rings. The molecule has 0 radical (unpaired) electrons. The topological polar surface area (TPSA) is 48.1 Å². The number of rotatable bonds is 7. The van der Waals surface area contributed by atoms with E-state index in [9.17, 15) is 0 Å². The lowest BCUT2D eigenvalue weighted by atomic mass is 10.1. The summed E-state index contributed by atoms with van der Waals surface area (Å²) >= 11 is 7.93. The van der Waals surface area contributed by atoms with Crippen LogP contribution in [0.15, 0.2) is 23.6 Å². The Morgan fingerprint density at radius 3 is 2.95 bits per heavy atom. The van der Waals surface area contributed by atoms with Crippen molar-refractivity contribution in [3.05, 3.63) is 44.9 Å². The number of aryl methyl sites for hydroxylation is 1. The van der Waals surface area contributed by atoms with E-state index >= 15 is 0 Å². The summed E-state index contributed by atoms with van der Waals surface area (Å²) in [5.41, 5.74) is 7.87. The Hall–Kier alpha value is -1.10. The molecule has 1 aromatic carbocycles. The largest absolute Gasteiger partial charge is 0.485 e. The Bertz CT molecular complexity index is 583. The summed E-state index contributed by atoms with van der Waals surface area (Å²) in [6.07, 6.45) is 2.87. The number of nitrogens with two attached hydrogens (primary N) is 1. The van der Waals surface area contributed by atoms with E-state index < -0.39 is 0 Å². The molecule has 1 atom stereocenters. The zero-order chi connectivity index (χ0) is 15.2. The molecule has 114 valence electrons. The van der Waals surface area contributed by atoms with Crippen molar-refractivity contribution in [1.29, 1.82) is 0 Å². The number of thiazole rings is 1. The highest BCUT2D eigenvalue weighted by Gasteiger charge is 2.11.